The smallest absolute Gasteiger partial charge is 0.274 e. The van der Waals surface area contributed by atoms with Crippen LogP contribution in [0.15, 0.2) is 48.7 Å². The van der Waals surface area contributed by atoms with Crippen LogP contribution in [0.2, 0.25) is 0 Å². The van der Waals surface area contributed by atoms with Gasteiger partial charge in [0.1, 0.15) is 5.69 Å². The molecule has 0 saturated heterocycles. The maximum absolute atomic E-state index is 13.7. The molecule has 2 N–H and O–H groups in total. The second-order valence-electron chi connectivity index (χ2n) is 5.43. The molecule has 0 fully saturated rings. The van der Waals surface area contributed by atoms with E-state index in [9.17, 15) is 18.0 Å². The molecule has 0 bridgehead atoms. The van der Waals surface area contributed by atoms with Crippen LogP contribution in [0.4, 0.5) is 30.5 Å². The highest BCUT2D eigenvalue weighted by molar-refractivity contribution is 6.03. The standard InChI is InChI=1S/C18H13F3N4O/c1-10-2-4-11(5-3-10)23-17(26)14-8-9-22-18(25-14)24-13-7-6-12(19)15(20)16(13)21/h2-9H,1H3,(H,23,26)(H,22,24,25). The van der Waals surface area contributed by atoms with E-state index in [1.54, 1.807) is 12.1 Å². The van der Waals surface area contributed by atoms with Crippen molar-refractivity contribution >= 4 is 23.2 Å². The van der Waals surface area contributed by atoms with Gasteiger partial charge in [0.2, 0.25) is 5.95 Å². The lowest BCUT2D eigenvalue weighted by Gasteiger charge is -2.09. The fourth-order valence-electron chi connectivity index (χ4n) is 2.12. The Morgan fingerprint density at radius 1 is 0.962 bits per heavy atom. The van der Waals surface area contributed by atoms with E-state index in [1.807, 2.05) is 19.1 Å². The number of nitrogens with one attached hydrogen (secondary N) is 2. The Hall–Kier alpha value is -3.42. The Balaban J connectivity index is 1.79. The summed E-state index contributed by atoms with van der Waals surface area (Å²) in [6.45, 7) is 1.92. The number of aromatic nitrogens is 2. The summed E-state index contributed by atoms with van der Waals surface area (Å²) < 4.78 is 40.0. The van der Waals surface area contributed by atoms with Gasteiger partial charge in [0.25, 0.3) is 5.91 Å². The highest BCUT2D eigenvalue weighted by Crippen LogP contribution is 2.22. The first-order valence-corrected chi connectivity index (χ1v) is 7.55. The van der Waals surface area contributed by atoms with Gasteiger partial charge in [-0.2, -0.15) is 0 Å². The predicted octanol–water partition coefficient (Wildman–Crippen LogP) is 4.20. The third-order valence-corrected chi connectivity index (χ3v) is 3.48. The van der Waals surface area contributed by atoms with Gasteiger partial charge in [-0.25, -0.2) is 23.1 Å². The molecule has 26 heavy (non-hydrogen) atoms. The van der Waals surface area contributed by atoms with Gasteiger partial charge in [0.15, 0.2) is 17.5 Å². The van der Waals surface area contributed by atoms with Crippen molar-refractivity contribution in [3.63, 3.8) is 0 Å². The second-order valence-corrected chi connectivity index (χ2v) is 5.43. The number of halogens is 3. The van der Waals surface area contributed by atoms with E-state index in [4.69, 9.17) is 0 Å². The Labute approximate surface area is 146 Å². The van der Waals surface area contributed by atoms with Crippen molar-refractivity contribution in [2.75, 3.05) is 10.6 Å². The summed E-state index contributed by atoms with van der Waals surface area (Å²) in [7, 11) is 0. The molecule has 1 heterocycles. The molecule has 1 aromatic heterocycles. The number of aryl methyl sites for hydroxylation is 1. The number of nitrogens with zero attached hydrogens (tertiary/aromatic N) is 2. The van der Waals surface area contributed by atoms with Gasteiger partial charge in [0.05, 0.1) is 5.69 Å². The van der Waals surface area contributed by atoms with Gasteiger partial charge >= 0.3 is 0 Å². The average Bonchev–Trinajstić information content (AvgIpc) is 2.64. The first-order chi connectivity index (χ1) is 12.4. The second kappa shape index (κ2) is 7.22. The van der Waals surface area contributed by atoms with Crippen molar-refractivity contribution in [3.05, 3.63) is 77.4 Å². The fraction of sp³-hybridized carbons (Fsp3) is 0.0556. The quantitative estimate of drug-likeness (QED) is 0.686. The van der Waals surface area contributed by atoms with Gasteiger partial charge in [-0.1, -0.05) is 17.7 Å². The molecule has 5 nitrogen and oxygen atoms in total. The van der Waals surface area contributed by atoms with Crippen molar-refractivity contribution in [2.24, 2.45) is 0 Å². The molecule has 0 aliphatic heterocycles. The summed E-state index contributed by atoms with van der Waals surface area (Å²) in [6.07, 6.45) is 1.29. The summed E-state index contributed by atoms with van der Waals surface area (Å²) in [5.41, 5.74) is 1.30. The van der Waals surface area contributed by atoms with Gasteiger partial charge in [-0.15, -0.1) is 0 Å². The molecule has 0 atom stereocenters. The van der Waals surface area contributed by atoms with Gasteiger partial charge < -0.3 is 10.6 Å². The Morgan fingerprint density at radius 3 is 2.42 bits per heavy atom. The van der Waals surface area contributed by atoms with Gasteiger partial charge in [-0.05, 0) is 37.3 Å². The number of hydrogen-bond acceptors (Lipinski definition) is 4. The Morgan fingerprint density at radius 2 is 1.69 bits per heavy atom. The SMILES string of the molecule is Cc1ccc(NC(=O)c2ccnc(Nc3ccc(F)c(F)c3F)n2)cc1. The third-order valence-electron chi connectivity index (χ3n) is 3.48. The van der Waals surface area contributed by atoms with Crippen molar-refractivity contribution < 1.29 is 18.0 Å². The van der Waals surface area contributed by atoms with E-state index in [-0.39, 0.29) is 17.3 Å². The summed E-state index contributed by atoms with van der Waals surface area (Å²) >= 11 is 0. The first-order valence-electron chi connectivity index (χ1n) is 7.55. The van der Waals surface area contributed by atoms with Crippen molar-refractivity contribution in [1.82, 2.24) is 9.97 Å². The summed E-state index contributed by atoms with van der Waals surface area (Å²) in [5.74, 6) is -4.94. The van der Waals surface area contributed by atoms with Crippen LogP contribution in [0.5, 0.6) is 0 Å². The number of carbonyl (C=O) groups is 1. The van der Waals surface area contributed by atoms with Crippen LogP contribution < -0.4 is 10.6 Å². The molecule has 0 saturated carbocycles. The van der Waals surface area contributed by atoms with Crippen molar-refractivity contribution in [2.45, 2.75) is 6.92 Å². The van der Waals surface area contributed by atoms with E-state index in [0.29, 0.717) is 5.69 Å². The van der Waals surface area contributed by atoms with Crippen LogP contribution in [0.3, 0.4) is 0 Å². The lowest BCUT2D eigenvalue weighted by molar-refractivity contribution is 0.102. The molecular formula is C18H13F3N4O. The molecule has 132 valence electrons. The maximum Gasteiger partial charge on any atom is 0.274 e. The molecule has 0 radical (unpaired) electrons. The molecule has 3 aromatic rings. The number of rotatable bonds is 4. The lowest BCUT2D eigenvalue weighted by atomic mass is 10.2. The maximum atomic E-state index is 13.7. The molecule has 0 unspecified atom stereocenters. The number of hydrogen-bond donors (Lipinski definition) is 2. The van der Waals surface area contributed by atoms with Crippen LogP contribution >= 0.6 is 0 Å². The third kappa shape index (κ3) is 3.80. The van der Waals surface area contributed by atoms with E-state index in [0.717, 1.165) is 17.7 Å². The monoisotopic (exact) mass is 358 g/mol. The predicted molar refractivity (Wildman–Crippen MR) is 90.8 cm³/mol. The highest BCUT2D eigenvalue weighted by Gasteiger charge is 2.15. The molecule has 3 rings (SSSR count). The van der Waals surface area contributed by atoms with Crippen LogP contribution in [0.25, 0.3) is 0 Å². The molecule has 0 spiro atoms. The first kappa shape index (κ1) is 17.4. The summed E-state index contributed by atoms with van der Waals surface area (Å²) in [6, 6.07) is 10.3. The van der Waals surface area contributed by atoms with Crippen molar-refractivity contribution in [1.29, 1.82) is 0 Å². The summed E-state index contributed by atoms with van der Waals surface area (Å²) in [4.78, 5) is 20.1. The van der Waals surface area contributed by atoms with Gasteiger partial charge in [0, 0.05) is 11.9 Å². The number of anilines is 3. The number of amides is 1. The molecule has 1 amide bonds. The normalized spacial score (nSPS) is 10.5. The highest BCUT2D eigenvalue weighted by atomic mass is 19.2. The Kier molecular flexibility index (Phi) is 4.83. The minimum Gasteiger partial charge on any atom is -0.322 e. The van der Waals surface area contributed by atoms with Crippen LogP contribution in [0.1, 0.15) is 16.1 Å². The minimum absolute atomic E-state index is 0.0195. The average molecular weight is 358 g/mol. The molecule has 0 aliphatic rings. The van der Waals surface area contributed by atoms with Crippen molar-refractivity contribution in [3.8, 4) is 0 Å². The van der Waals surface area contributed by atoms with Gasteiger partial charge in [-0.3, -0.25) is 4.79 Å². The van der Waals surface area contributed by atoms with E-state index >= 15 is 0 Å². The molecule has 2 aromatic carbocycles. The number of carbonyl (C=O) groups excluding carboxylic acids is 1. The minimum atomic E-state index is -1.61. The fourth-order valence-corrected chi connectivity index (χ4v) is 2.12. The zero-order valence-electron chi connectivity index (χ0n) is 13.6. The topological polar surface area (TPSA) is 66.9 Å². The van der Waals surface area contributed by atoms with E-state index in [1.165, 1.54) is 12.3 Å². The lowest BCUT2D eigenvalue weighted by Crippen LogP contribution is -2.15. The van der Waals surface area contributed by atoms with E-state index in [2.05, 4.69) is 20.6 Å². The Bertz CT molecular complexity index is 961. The van der Waals surface area contributed by atoms with Crippen LogP contribution in [-0.4, -0.2) is 15.9 Å². The van der Waals surface area contributed by atoms with E-state index < -0.39 is 23.4 Å². The molecular weight excluding hydrogens is 345 g/mol. The van der Waals surface area contributed by atoms with Crippen LogP contribution in [-0.2, 0) is 0 Å². The zero-order valence-corrected chi connectivity index (χ0v) is 13.6. The number of benzene rings is 2. The molecule has 0 aliphatic carbocycles. The summed E-state index contributed by atoms with van der Waals surface area (Å²) in [5, 5.41) is 5.09. The largest absolute Gasteiger partial charge is 0.322 e. The molecule has 8 heteroatoms. The van der Waals surface area contributed by atoms with Crippen LogP contribution in [0, 0.1) is 24.4 Å². The zero-order chi connectivity index (χ0) is 18.7.